The van der Waals surface area contributed by atoms with Crippen molar-refractivity contribution in [3.05, 3.63) is 0 Å². The molecule has 1 aliphatic carbocycles. The highest BCUT2D eigenvalue weighted by Gasteiger charge is 2.25. The molecular weight excluding hydrogens is 204 g/mol. The second-order valence-corrected chi connectivity index (χ2v) is 6.02. The Morgan fingerprint density at radius 2 is 1.87 bits per heavy atom. The summed E-state index contributed by atoms with van der Waals surface area (Å²) in [6, 6.07) is 1.69. The van der Waals surface area contributed by atoms with Crippen LogP contribution in [-0.4, -0.2) is 48.6 Å². The summed E-state index contributed by atoms with van der Waals surface area (Å²) in [6.45, 7) is 2.68. The predicted octanol–water partition coefficient (Wildman–Crippen LogP) is 1.96. The molecule has 2 nitrogen and oxygen atoms in total. The first-order chi connectivity index (χ1) is 7.40. The van der Waals surface area contributed by atoms with Gasteiger partial charge in [0.2, 0.25) is 0 Å². The molecule has 0 atom stereocenters. The molecule has 1 saturated heterocycles. The van der Waals surface area contributed by atoms with E-state index in [2.05, 4.69) is 29.0 Å². The van der Waals surface area contributed by atoms with Gasteiger partial charge in [-0.3, -0.25) is 4.90 Å². The van der Waals surface area contributed by atoms with Crippen molar-refractivity contribution in [2.24, 2.45) is 0 Å². The molecule has 15 heavy (non-hydrogen) atoms. The van der Waals surface area contributed by atoms with Crippen molar-refractivity contribution >= 4 is 11.8 Å². The van der Waals surface area contributed by atoms with Crippen LogP contribution in [0.25, 0.3) is 0 Å². The molecule has 2 aliphatic rings. The lowest BCUT2D eigenvalue weighted by Gasteiger charge is -2.36. The first-order valence-electron chi connectivity index (χ1n) is 6.39. The van der Waals surface area contributed by atoms with Crippen LogP contribution in [0.4, 0.5) is 0 Å². The minimum atomic E-state index is 0.794. The lowest BCUT2D eigenvalue weighted by atomic mass is 9.90. The second kappa shape index (κ2) is 6.12. The number of nitrogens with zero attached hydrogens (tertiary/aromatic N) is 1. The molecule has 0 aromatic heterocycles. The van der Waals surface area contributed by atoms with Crippen molar-refractivity contribution in [1.29, 1.82) is 0 Å². The Balaban J connectivity index is 1.78. The van der Waals surface area contributed by atoms with Crippen LogP contribution < -0.4 is 5.32 Å². The molecule has 0 unspecified atom stereocenters. The van der Waals surface area contributed by atoms with E-state index in [0.717, 1.165) is 12.1 Å². The predicted molar refractivity (Wildman–Crippen MR) is 68.6 cm³/mol. The average Bonchev–Trinajstić information content (AvgIpc) is 2.58. The van der Waals surface area contributed by atoms with Crippen LogP contribution in [0, 0.1) is 0 Å². The van der Waals surface area contributed by atoms with Crippen molar-refractivity contribution in [2.75, 3.05) is 31.6 Å². The molecule has 0 spiro atoms. The quantitative estimate of drug-likeness (QED) is 0.778. The highest BCUT2D eigenvalue weighted by Crippen LogP contribution is 2.24. The highest BCUT2D eigenvalue weighted by molar-refractivity contribution is 7.99. The van der Waals surface area contributed by atoms with E-state index in [-0.39, 0.29) is 0 Å². The van der Waals surface area contributed by atoms with Crippen LogP contribution in [0.3, 0.4) is 0 Å². The molecule has 1 saturated carbocycles. The largest absolute Gasteiger partial charge is 0.317 e. The van der Waals surface area contributed by atoms with E-state index in [1.54, 1.807) is 0 Å². The third-order valence-corrected chi connectivity index (χ3v) is 4.93. The molecule has 2 rings (SSSR count). The van der Waals surface area contributed by atoms with Gasteiger partial charge in [0.05, 0.1) is 0 Å². The molecule has 1 heterocycles. The fourth-order valence-corrected chi connectivity index (χ4v) is 3.76. The van der Waals surface area contributed by atoms with E-state index in [1.165, 1.54) is 56.7 Å². The Kier molecular flexibility index (Phi) is 4.79. The SMILES string of the molecule is CNC1CCC(N2CCCSCC2)CC1. The van der Waals surface area contributed by atoms with Gasteiger partial charge in [-0.05, 0) is 51.4 Å². The Morgan fingerprint density at radius 1 is 1.07 bits per heavy atom. The zero-order chi connectivity index (χ0) is 10.5. The molecule has 0 aromatic carbocycles. The summed E-state index contributed by atoms with van der Waals surface area (Å²) < 4.78 is 0. The van der Waals surface area contributed by atoms with Crippen molar-refractivity contribution in [2.45, 2.75) is 44.2 Å². The van der Waals surface area contributed by atoms with E-state index >= 15 is 0 Å². The van der Waals surface area contributed by atoms with Gasteiger partial charge >= 0.3 is 0 Å². The number of hydrogen-bond acceptors (Lipinski definition) is 3. The molecule has 0 aromatic rings. The monoisotopic (exact) mass is 228 g/mol. The lowest BCUT2D eigenvalue weighted by Crippen LogP contribution is -2.42. The minimum Gasteiger partial charge on any atom is -0.317 e. The van der Waals surface area contributed by atoms with Crippen LogP contribution in [0.5, 0.6) is 0 Å². The molecule has 2 fully saturated rings. The fraction of sp³-hybridized carbons (Fsp3) is 1.00. The summed E-state index contributed by atoms with van der Waals surface area (Å²) in [5, 5.41) is 3.42. The molecule has 88 valence electrons. The Morgan fingerprint density at radius 3 is 2.60 bits per heavy atom. The molecule has 1 aliphatic heterocycles. The third kappa shape index (κ3) is 3.36. The number of rotatable bonds is 2. The fourth-order valence-electron chi connectivity index (χ4n) is 2.86. The normalized spacial score (nSPS) is 35.0. The van der Waals surface area contributed by atoms with Gasteiger partial charge in [-0.2, -0.15) is 11.8 Å². The molecular formula is C12H24N2S. The number of nitrogens with one attached hydrogen (secondary N) is 1. The zero-order valence-electron chi connectivity index (χ0n) is 9.87. The van der Waals surface area contributed by atoms with E-state index in [4.69, 9.17) is 0 Å². The van der Waals surface area contributed by atoms with E-state index in [0.29, 0.717) is 0 Å². The van der Waals surface area contributed by atoms with Crippen molar-refractivity contribution < 1.29 is 0 Å². The second-order valence-electron chi connectivity index (χ2n) is 4.80. The van der Waals surface area contributed by atoms with Gasteiger partial charge in [0, 0.05) is 24.4 Å². The van der Waals surface area contributed by atoms with Gasteiger partial charge in [0.25, 0.3) is 0 Å². The lowest BCUT2D eigenvalue weighted by molar-refractivity contribution is 0.155. The van der Waals surface area contributed by atoms with Gasteiger partial charge in [-0.25, -0.2) is 0 Å². The first kappa shape index (κ1) is 11.7. The van der Waals surface area contributed by atoms with E-state index in [9.17, 15) is 0 Å². The standard InChI is InChI=1S/C12H24N2S/c1-13-11-3-5-12(6-4-11)14-7-2-9-15-10-8-14/h11-13H,2-10H2,1H3. The Hall–Kier alpha value is 0.270. The van der Waals surface area contributed by atoms with Crippen molar-refractivity contribution in [1.82, 2.24) is 10.2 Å². The van der Waals surface area contributed by atoms with E-state index < -0.39 is 0 Å². The molecule has 0 radical (unpaired) electrons. The van der Waals surface area contributed by atoms with Gasteiger partial charge in [0.15, 0.2) is 0 Å². The highest BCUT2D eigenvalue weighted by atomic mass is 32.2. The minimum absolute atomic E-state index is 0.794. The molecule has 0 amide bonds. The maximum absolute atomic E-state index is 3.42. The first-order valence-corrected chi connectivity index (χ1v) is 7.54. The Bertz CT molecular complexity index is 170. The van der Waals surface area contributed by atoms with Gasteiger partial charge in [0.1, 0.15) is 0 Å². The summed E-state index contributed by atoms with van der Waals surface area (Å²) >= 11 is 2.13. The summed E-state index contributed by atoms with van der Waals surface area (Å²) in [5.74, 6) is 2.73. The van der Waals surface area contributed by atoms with Crippen LogP contribution in [0.15, 0.2) is 0 Å². The summed E-state index contributed by atoms with van der Waals surface area (Å²) in [5.41, 5.74) is 0. The van der Waals surface area contributed by atoms with Gasteiger partial charge in [-0.15, -0.1) is 0 Å². The number of thioether (sulfide) groups is 1. The smallest absolute Gasteiger partial charge is 0.00967 e. The topological polar surface area (TPSA) is 15.3 Å². The van der Waals surface area contributed by atoms with Crippen LogP contribution in [0.1, 0.15) is 32.1 Å². The maximum atomic E-state index is 3.42. The van der Waals surface area contributed by atoms with Crippen molar-refractivity contribution in [3.8, 4) is 0 Å². The molecule has 0 bridgehead atoms. The summed E-state index contributed by atoms with van der Waals surface area (Å²) in [6.07, 6.45) is 6.98. The van der Waals surface area contributed by atoms with Crippen LogP contribution in [-0.2, 0) is 0 Å². The number of hydrogen-bond donors (Lipinski definition) is 1. The van der Waals surface area contributed by atoms with Gasteiger partial charge < -0.3 is 5.32 Å². The molecule has 3 heteroatoms. The van der Waals surface area contributed by atoms with Gasteiger partial charge in [-0.1, -0.05) is 0 Å². The van der Waals surface area contributed by atoms with Crippen LogP contribution >= 0.6 is 11.8 Å². The maximum Gasteiger partial charge on any atom is 0.00967 e. The third-order valence-electron chi connectivity index (χ3n) is 3.88. The average molecular weight is 228 g/mol. The summed E-state index contributed by atoms with van der Waals surface area (Å²) in [4.78, 5) is 2.76. The Labute approximate surface area is 98.2 Å². The van der Waals surface area contributed by atoms with Crippen molar-refractivity contribution in [3.63, 3.8) is 0 Å². The molecule has 1 N–H and O–H groups in total. The van der Waals surface area contributed by atoms with Crippen LogP contribution in [0.2, 0.25) is 0 Å². The summed E-state index contributed by atoms with van der Waals surface area (Å²) in [7, 11) is 2.10. The zero-order valence-corrected chi connectivity index (χ0v) is 10.7. The van der Waals surface area contributed by atoms with E-state index in [1.807, 2.05) is 0 Å².